The fourth-order valence-electron chi connectivity index (χ4n) is 2.76. The molecule has 70 valence electrons. The molecule has 2 atom stereocenters. The smallest absolute Gasteiger partial charge is 0.0149 e. The highest BCUT2D eigenvalue weighted by Gasteiger charge is 2.43. The maximum absolute atomic E-state index is 3.78. The van der Waals surface area contributed by atoms with Gasteiger partial charge in [-0.25, -0.2) is 0 Å². The monoisotopic (exact) mass is 230 g/mol. The summed E-state index contributed by atoms with van der Waals surface area (Å²) in [5.74, 6) is 2.09. The van der Waals surface area contributed by atoms with Crippen LogP contribution in [-0.2, 0) is 0 Å². The van der Waals surface area contributed by atoms with Crippen LogP contribution in [0, 0.1) is 17.3 Å². The summed E-state index contributed by atoms with van der Waals surface area (Å²) >= 11 is 3.78. The predicted octanol–water partition coefficient (Wildman–Crippen LogP) is 3.99. The van der Waals surface area contributed by atoms with Crippen LogP contribution in [0.4, 0.5) is 0 Å². The fourth-order valence-corrected chi connectivity index (χ4v) is 3.39. The number of hydrogen-bond acceptors (Lipinski definition) is 0. The average molecular weight is 231 g/mol. The molecule has 2 unspecified atom stereocenters. The summed E-state index contributed by atoms with van der Waals surface area (Å²) in [7, 11) is 0. The summed E-state index contributed by atoms with van der Waals surface area (Å²) < 4.78 is 0. The summed E-state index contributed by atoms with van der Waals surface area (Å²) in [6.45, 7) is 4.93. The first-order chi connectivity index (χ1) is 5.59. The largest absolute Gasteiger partial charge is 0.0891 e. The Morgan fingerprint density at radius 3 is 2.42 bits per heavy atom. The number of hydrogen-bond donors (Lipinski definition) is 0. The lowest BCUT2D eigenvalue weighted by Gasteiger charge is -2.41. The standard InChI is InChI=1S/C11H19Br/c1-11(2)6-5-9(12)7-10(11)8-3-4-8/h8-10H,3-7H2,1-2H3. The Balaban J connectivity index is 2.04. The molecular formula is C11H19Br. The van der Waals surface area contributed by atoms with Gasteiger partial charge in [-0.15, -0.1) is 0 Å². The zero-order valence-corrected chi connectivity index (χ0v) is 9.73. The number of alkyl halides is 1. The van der Waals surface area contributed by atoms with Gasteiger partial charge in [0.15, 0.2) is 0 Å². The van der Waals surface area contributed by atoms with E-state index in [2.05, 4.69) is 29.8 Å². The fraction of sp³-hybridized carbons (Fsp3) is 1.00. The average Bonchev–Trinajstić information content (AvgIpc) is 2.77. The van der Waals surface area contributed by atoms with Gasteiger partial charge < -0.3 is 0 Å². The van der Waals surface area contributed by atoms with E-state index < -0.39 is 0 Å². The van der Waals surface area contributed by atoms with E-state index in [1.807, 2.05) is 0 Å². The SMILES string of the molecule is CC1(C)CCC(Br)CC1C1CC1. The molecule has 12 heavy (non-hydrogen) atoms. The van der Waals surface area contributed by atoms with Crippen molar-refractivity contribution in [2.45, 2.75) is 50.8 Å². The minimum atomic E-state index is 0.630. The molecule has 0 amide bonds. The second-order valence-corrected chi connectivity index (χ2v) is 6.60. The van der Waals surface area contributed by atoms with Gasteiger partial charge in [-0.3, -0.25) is 0 Å². The van der Waals surface area contributed by atoms with E-state index in [1.54, 1.807) is 0 Å². The molecule has 1 heteroatoms. The van der Waals surface area contributed by atoms with Gasteiger partial charge in [0.1, 0.15) is 0 Å². The van der Waals surface area contributed by atoms with Crippen molar-refractivity contribution in [3.63, 3.8) is 0 Å². The third-order valence-corrected chi connectivity index (χ3v) is 4.64. The van der Waals surface area contributed by atoms with Gasteiger partial charge in [0, 0.05) is 4.83 Å². The zero-order valence-electron chi connectivity index (χ0n) is 8.15. The Hall–Kier alpha value is 0.480. The molecule has 0 aromatic carbocycles. The second-order valence-electron chi connectivity index (χ2n) is 5.30. The van der Waals surface area contributed by atoms with Crippen LogP contribution >= 0.6 is 15.9 Å². The van der Waals surface area contributed by atoms with Crippen LogP contribution < -0.4 is 0 Å². The van der Waals surface area contributed by atoms with Crippen LogP contribution in [0.5, 0.6) is 0 Å². The normalized spacial score (nSPS) is 41.2. The van der Waals surface area contributed by atoms with E-state index in [1.165, 1.54) is 32.1 Å². The molecule has 2 saturated carbocycles. The first kappa shape index (κ1) is 9.05. The molecule has 2 fully saturated rings. The van der Waals surface area contributed by atoms with Gasteiger partial charge >= 0.3 is 0 Å². The molecule has 0 radical (unpaired) electrons. The summed E-state index contributed by atoms with van der Waals surface area (Å²) in [6.07, 6.45) is 7.25. The molecule has 2 rings (SSSR count). The molecule has 0 N–H and O–H groups in total. The van der Waals surface area contributed by atoms with E-state index in [0.717, 1.165) is 16.7 Å². The summed E-state index contributed by atoms with van der Waals surface area (Å²) in [5.41, 5.74) is 0.630. The second kappa shape index (κ2) is 3.01. The van der Waals surface area contributed by atoms with Crippen molar-refractivity contribution in [1.29, 1.82) is 0 Å². The Bertz CT molecular complexity index is 170. The molecular weight excluding hydrogens is 212 g/mol. The van der Waals surface area contributed by atoms with Crippen LogP contribution in [0.15, 0.2) is 0 Å². The van der Waals surface area contributed by atoms with Gasteiger partial charge in [0.05, 0.1) is 0 Å². The maximum Gasteiger partial charge on any atom is 0.0149 e. The first-order valence-corrected chi connectivity index (χ1v) is 6.15. The number of halogens is 1. The number of rotatable bonds is 1. The van der Waals surface area contributed by atoms with Gasteiger partial charge in [0.25, 0.3) is 0 Å². The predicted molar refractivity (Wildman–Crippen MR) is 56.6 cm³/mol. The van der Waals surface area contributed by atoms with E-state index in [0.29, 0.717) is 5.41 Å². The Morgan fingerprint density at radius 2 is 1.83 bits per heavy atom. The third-order valence-electron chi connectivity index (χ3n) is 3.81. The van der Waals surface area contributed by atoms with E-state index in [9.17, 15) is 0 Å². The minimum Gasteiger partial charge on any atom is -0.0891 e. The zero-order chi connectivity index (χ0) is 8.77. The van der Waals surface area contributed by atoms with Crippen molar-refractivity contribution in [2.24, 2.45) is 17.3 Å². The highest BCUT2D eigenvalue weighted by atomic mass is 79.9. The van der Waals surface area contributed by atoms with E-state index in [-0.39, 0.29) is 0 Å². The lowest BCUT2D eigenvalue weighted by atomic mass is 9.67. The van der Waals surface area contributed by atoms with Gasteiger partial charge in [-0.2, -0.15) is 0 Å². The lowest BCUT2D eigenvalue weighted by Crippen LogP contribution is -2.33. The summed E-state index contributed by atoms with van der Waals surface area (Å²) in [5, 5.41) is 0. The summed E-state index contributed by atoms with van der Waals surface area (Å²) in [6, 6.07) is 0. The Morgan fingerprint density at radius 1 is 1.17 bits per heavy atom. The van der Waals surface area contributed by atoms with E-state index >= 15 is 0 Å². The molecule has 0 aromatic rings. The van der Waals surface area contributed by atoms with Gasteiger partial charge in [-0.1, -0.05) is 29.8 Å². The van der Waals surface area contributed by atoms with Crippen molar-refractivity contribution in [3.05, 3.63) is 0 Å². The molecule has 2 aliphatic rings. The van der Waals surface area contributed by atoms with Gasteiger partial charge in [-0.05, 0) is 49.4 Å². The Labute approximate surface area is 84.2 Å². The van der Waals surface area contributed by atoms with Crippen LogP contribution in [0.25, 0.3) is 0 Å². The van der Waals surface area contributed by atoms with Crippen LogP contribution in [-0.4, -0.2) is 4.83 Å². The lowest BCUT2D eigenvalue weighted by molar-refractivity contribution is 0.123. The third kappa shape index (κ3) is 1.71. The van der Waals surface area contributed by atoms with E-state index in [4.69, 9.17) is 0 Å². The topological polar surface area (TPSA) is 0 Å². The quantitative estimate of drug-likeness (QED) is 0.598. The first-order valence-electron chi connectivity index (χ1n) is 5.24. The molecule has 0 bridgehead atoms. The molecule has 0 spiro atoms. The van der Waals surface area contributed by atoms with Crippen molar-refractivity contribution >= 4 is 15.9 Å². The molecule has 0 aromatic heterocycles. The van der Waals surface area contributed by atoms with Crippen LogP contribution in [0.1, 0.15) is 46.0 Å². The molecule has 0 aliphatic heterocycles. The van der Waals surface area contributed by atoms with Crippen molar-refractivity contribution in [1.82, 2.24) is 0 Å². The highest BCUT2D eigenvalue weighted by molar-refractivity contribution is 9.09. The van der Waals surface area contributed by atoms with Crippen LogP contribution in [0.3, 0.4) is 0 Å². The van der Waals surface area contributed by atoms with Crippen molar-refractivity contribution in [2.75, 3.05) is 0 Å². The minimum absolute atomic E-state index is 0.630. The summed E-state index contributed by atoms with van der Waals surface area (Å²) in [4.78, 5) is 0.816. The highest BCUT2D eigenvalue weighted by Crippen LogP contribution is 2.53. The molecule has 2 aliphatic carbocycles. The van der Waals surface area contributed by atoms with Crippen molar-refractivity contribution in [3.8, 4) is 0 Å². The van der Waals surface area contributed by atoms with Crippen molar-refractivity contribution < 1.29 is 0 Å². The molecule has 0 nitrogen and oxygen atoms in total. The van der Waals surface area contributed by atoms with Crippen LogP contribution in [0.2, 0.25) is 0 Å². The Kier molecular flexibility index (Phi) is 2.27. The maximum atomic E-state index is 3.78. The molecule has 0 saturated heterocycles. The molecule has 0 heterocycles. The van der Waals surface area contributed by atoms with Gasteiger partial charge in [0.2, 0.25) is 0 Å².